The lowest BCUT2D eigenvalue weighted by Crippen LogP contribution is -2.71. The second-order valence-corrected chi connectivity index (χ2v) is 13.6. The lowest BCUT2D eigenvalue weighted by molar-refractivity contribution is -0.142. The van der Waals surface area contributed by atoms with Gasteiger partial charge in [0.25, 0.3) is 0 Å². The first-order chi connectivity index (χ1) is 20.0. The minimum atomic E-state index is -0.170. The van der Waals surface area contributed by atoms with E-state index in [9.17, 15) is 4.79 Å². The summed E-state index contributed by atoms with van der Waals surface area (Å²) in [5.41, 5.74) is 6.93. The number of fused-ring (bicyclic) bond motifs is 1. The van der Waals surface area contributed by atoms with E-state index in [0.29, 0.717) is 18.4 Å². The van der Waals surface area contributed by atoms with Gasteiger partial charge in [-0.3, -0.25) is 9.69 Å². The third-order valence-corrected chi connectivity index (χ3v) is 8.84. The van der Waals surface area contributed by atoms with Gasteiger partial charge in [-0.05, 0) is 60.7 Å². The van der Waals surface area contributed by atoms with Crippen molar-refractivity contribution in [3.63, 3.8) is 0 Å². The fourth-order valence-corrected chi connectivity index (χ4v) is 6.82. The molecule has 0 amide bonds. The first-order valence-electron chi connectivity index (χ1n) is 15.1. The number of esters is 1. The number of anilines is 1. The van der Waals surface area contributed by atoms with Crippen molar-refractivity contribution >= 4 is 11.8 Å². The average molecular weight is 573 g/mol. The number of nitrogens with one attached hydrogen (secondary N) is 1. The fourth-order valence-electron chi connectivity index (χ4n) is 6.82. The van der Waals surface area contributed by atoms with E-state index in [-0.39, 0.29) is 17.3 Å². The maximum absolute atomic E-state index is 12.6. The van der Waals surface area contributed by atoms with Crippen LogP contribution in [0.25, 0.3) is 5.69 Å². The molecule has 0 unspecified atom stereocenters. The Kier molecular flexibility index (Phi) is 7.51. The van der Waals surface area contributed by atoms with Crippen LogP contribution in [0.15, 0.2) is 36.4 Å². The van der Waals surface area contributed by atoms with Crippen LogP contribution < -0.4 is 10.1 Å². The number of ether oxygens (including phenoxy) is 2. The Bertz CT molecular complexity index is 1460. The number of likely N-dealkylation sites (tertiary alicyclic amines) is 2. The monoisotopic (exact) mass is 572 g/mol. The van der Waals surface area contributed by atoms with Gasteiger partial charge in [0, 0.05) is 56.3 Å². The molecule has 0 saturated carbocycles. The van der Waals surface area contributed by atoms with Gasteiger partial charge in [0.1, 0.15) is 6.61 Å². The van der Waals surface area contributed by atoms with Gasteiger partial charge in [-0.15, -0.1) is 0 Å². The van der Waals surface area contributed by atoms with Crippen molar-refractivity contribution < 1.29 is 14.3 Å². The molecule has 5 heterocycles. The van der Waals surface area contributed by atoms with E-state index in [1.807, 2.05) is 17.7 Å². The molecule has 0 radical (unpaired) electrons. The summed E-state index contributed by atoms with van der Waals surface area (Å²) in [6, 6.07) is 12.9. The quantitative estimate of drug-likeness (QED) is 0.397. The second kappa shape index (κ2) is 11.0. The van der Waals surface area contributed by atoms with E-state index in [1.54, 1.807) is 0 Å². The van der Waals surface area contributed by atoms with E-state index >= 15 is 0 Å². The van der Waals surface area contributed by atoms with Gasteiger partial charge in [0.2, 0.25) is 0 Å². The van der Waals surface area contributed by atoms with Crippen LogP contribution in [0, 0.1) is 19.3 Å². The second-order valence-electron chi connectivity index (χ2n) is 13.6. The van der Waals surface area contributed by atoms with Gasteiger partial charge >= 0.3 is 5.97 Å². The topological polar surface area (TPSA) is 84.8 Å². The molecule has 9 nitrogen and oxygen atoms in total. The van der Waals surface area contributed by atoms with Crippen molar-refractivity contribution in [3.05, 3.63) is 64.6 Å². The molecule has 42 heavy (non-hydrogen) atoms. The predicted octanol–water partition coefficient (Wildman–Crippen LogP) is 4.45. The molecule has 6 rings (SSSR count). The zero-order valence-corrected chi connectivity index (χ0v) is 25.9. The van der Waals surface area contributed by atoms with Crippen LogP contribution in [0.2, 0.25) is 0 Å². The maximum atomic E-state index is 12.6. The minimum absolute atomic E-state index is 0.0388. The highest BCUT2D eigenvalue weighted by Crippen LogP contribution is 2.42. The number of methoxy groups -OCH3 is 1. The summed E-state index contributed by atoms with van der Waals surface area (Å²) in [4.78, 5) is 22.4. The number of carbonyl (C=O) groups is 1. The highest BCUT2D eigenvalue weighted by atomic mass is 16.5. The smallest absolute Gasteiger partial charge is 0.306 e. The third kappa shape index (κ3) is 5.90. The highest BCUT2D eigenvalue weighted by Gasteiger charge is 2.51. The molecule has 2 aromatic heterocycles. The van der Waals surface area contributed by atoms with Crippen LogP contribution in [0.5, 0.6) is 5.75 Å². The fraction of sp³-hybridized carbons (Fsp3) is 0.545. The van der Waals surface area contributed by atoms with Gasteiger partial charge in [-0.1, -0.05) is 26.8 Å². The number of carbonyl (C=O) groups excluding carboxylic acids is 1. The number of hydrogen-bond donors (Lipinski definition) is 1. The summed E-state index contributed by atoms with van der Waals surface area (Å²) in [6.45, 7) is 18.3. The van der Waals surface area contributed by atoms with Gasteiger partial charge in [0.05, 0.1) is 37.2 Å². The molecule has 1 spiro atoms. The Balaban J connectivity index is 1.14. The van der Waals surface area contributed by atoms with Crippen LogP contribution >= 0.6 is 0 Å². The van der Waals surface area contributed by atoms with Crippen molar-refractivity contribution in [3.8, 4) is 11.4 Å². The molecule has 2 saturated heterocycles. The molecular weight excluding hydrogens is 528 g/mol. The molecule has 1 N–H and O–H groups in total. The number of nitrogens with zero attached hydrogens (tertiary/aromatic N) is 5. The molecule has 3 aliphatic rings. The van der Waals surface area contributed by atoms with Crippen molar-refractivity contribution in [2.75, 3.05) is 58.3 Å². The molecule has 3 aliphatic heterocycles. The van der Waals surface area contributed by atoms with Crippen LogP contribution in [0.1, 0.15) is 61.3 Å². The summed E-state index contributed by atoms with van der Waals surface area (Å²) in [7, 11) is 1.48. The first-order valence-corrected chi connectivity index (χ1v) is 15.1. The summed E-state index contributed by atoms with van der Waals surface area (Å²) in [6.07, 6.45) is 0.359. The summed E-state index contributed by atoms with van der Waals surface area (Å²) < 4.78 is 12.8. The number of benzene rings is 1. The van der Waals surface area contributed by atoms with Crippen molar-refractivity contribution in [1.82, 2.24) is 24.6 Å². The molecule has 0 aliphatic carbocycles. The number of rotatable bonds is 8. The minimum Gasteiger partial charge on any atom is -0.488 e. The van der Waals surface area contributed by atoms with Crippen molar-refractivity contribution in [2.24, 2.45) is 5.41 Å². The van der Waals surface area contributed by atoms with E-state index in [0.717, 1.165) is 80.1 Å². The lowest BCUT2D eigenvalue weighted by atomic mass is 9.72. The molecule has 1 atom stereocenters. The van der Waals surface area contributed by atoms with Gasteiger partial charge < -0.3 is 19.7 Å². The number of aryl methyl sites for hydroxylation is 2. The molecule has 3 aromatic rings. The third-order valence-electron chi connectivity index (χ3n) is 8.84. The zero-order valence-electron chi connectivity index (χ0n) is 25.9. The van der Waals surface area contributed by atoms with Crippen LogP contribution in [-0.4, -0.2) is 83.5 Å². The highest BCUT2D eigenvalue weighted by molar-refractivity contribution is 5.70. The predicted molar refractivity (Wildman–Crippen MR) is 163 cm³/mol. The van der Waals surface area contributed by atoms with Gasteiger partial charge in [0.15, 0.2) is 11.6 Å². The maximum Gasteiger partial charge on any atom is 0.306 e. The Morgan fingerprint density at radius 2 is 1.86 bits per heavy atom. The van der Waals surface area contributed by atoms with Crippen molar-refractivity contribution in [2.45, 2.75) is 58.9 Å². The van der Waals surface area contributed by atoms with Crippen LogP contribution in [0.4, 0.5) is 5.82 Å². The van der Waals surface area contributed by atoms with E-state index in [1.165, 1.54) is 18.2 Å². The van der Waals surface area contributed by atoms with E-state index < -0.39 is 0 Å². The van der Waals surface area contributed by atoms with Crippen molar-refractivity contribution in [1.29, 1.82) is 0 Å². The molecule has 2 fully saturated rings. The molecule has 224 valence electrons. The van der Waals surface area contributed by atoms with Crippen LogP contribution in [-0.2, 0) is 21.5 Å². The average Bonchev–Trinajstić information content (AvgIpc) is 3.26. The molecular formula is C33H44N6O3. The molecule has 0 bridgehead atoms. The Hall–Kier alpha value is -3.43. The summed E-state index contributed by atoms with van der Waals surface area (Å²) >= 11 is 0. The summed E-state index contributed by atoms with van der Waals surface area (Å²) in [5, 5.41) is 8.10. The Morgan fingerprint density at radius 1 is 1.10 bits per heavy atom. The standard InChI is InChI=1S/C33H44N6O3/c1-22-11-23(2)39(36-22)28-13-24(12-26(15-28)32(3,4)5)25(14-30(40)41-6)16-37-18-33(19-37)20-38(21-33)17-27-7-8-29-31(35-27)34-9-10-42-29/h7-8,11-13,15,25H,9-10,14,16-21H2,1-6H3,(H,34,35)/t25-/m1/s1. The van der Waals surface area contributed by atoms with Gasteiger partial charge in [-0.25, -0.2) is 9.67 Å². The van der Waals surface area contributed by atoms with E-state index in [4.69, 9.17) is 19.6 Å². The molecule has 1 aromatic carbocycles. The van der Waals surface area contributed by atoms with Crippen LogP contribution in [0.3, 0.4) is 0 Å². The number of hydrogen-bond acceptors (Lipinski definition) is 8. The number of pyridine rings is 1. The largest absolute Gasteiger partial charge is 0.488 e. The molecule has 9 heteroatoms. The van der Waals surface area contributed by atoms with E-state index in [2.05, 4.69) is 73.1 Å². The Morgan fingerprint density at radius 3 is 2.55 bits per heavy atom. The first kappa shape index (κ1) is 28.7. The number of aromatic nitrogens is 3. The lowest BCUT2D eigenvalue weighted by Gasteiger charge is -2.61. The zero-order chi connectivity index (χ0) is 29.6. The summed E-state index contributed by atoms with van der Waals surface area (Å²) in [5.74, 6) is 1.57. The normalized spacial score (nSPS) is 18.8. The Labute approximate surface area is 249 Å². The van der Waals surface area contributed by atoms with Gasteiger partial charge in [-0.2, -0.15) is 5.10 Å². The SMILES string of the molecule is COC(=O)C[C@H](CN1CC2(CN(Cc3ccc4c(n3)NCCO4)C2)C1)c1cc(-n2nc(C)cc2C)cc(C(C)(C)C)c1.